The number of hydrogen-bond donors (Lipinski definition) is 0. The fourth-order valence-corrected chi connectivity index (χ4v) is 1.65. The predicted molar refractivity (Wildman–Crippen MR) is 50.1 cm³/mol. The number of esters is 1. The lowest BCUT2D eigenvalue weighted by Gasteiger charge is -2.22. The Labute approximate surface area is 86.9 Å². The molecule has 1 saturated heterocycles. The number of hydrogen-bond acceptors (Lipinski definition) is 5. The van der Waals surface area contributed by atoms with Gasteiger partial charge in [0.1, 0.15) is 6.10 Å². The van der Waals surface area contributed by atoms with Crippen LogP contribution in [0, 0.1) is 0 Å². The second kappa shape index (κ2) is 4.48. The van der Waals surface area contributed by atoms with Crippen LogP contribution >= 0.6 is 0 Å². The van der Waals surface area contributed by atoms with Gasteiger partial charge >= 0.3 is 5.97 Å². The minimum absolute atomic E-state index is 0.209. The number of nitrogens with zero attached hydrogens (tertiary/aromatic N) is 3. The van der Waals surface area contributed by atoms with Crippen LogP contribution in [-0.4, -0.2) is 44.5 Å². The van der Waals surface area contributed by atoms with Gasteiger partial charge in [-0.05, 0) is 12.5 Å². The molecule has 0 bridgehead atoms. The lowest BCUT2D eigenvalue weighted by molar-refractivity contribution is -0.146. The van der Waals surface area contributed by atoms with Crippen LogP contribution in [0.1, 0.15) is 6.92 Å². The summed E-state index contributed by atoms with van der Waals surface area (Å²) in [6, 6.07) is 0. The molecule has 7 nitrogen and oxygen atoms in total. The van der Waals surface area contributed by atoms with Gasteiger partial charge < -0.3 is 14.2 Å². The Kier molecular flexibility index (Phi) is 3.52. The van der Waals surface area contributed by atoms with E-state index in [1.165, 1.54) is 21.1 Å². The van der Waals surface area contributed by atoms with Crippen molar-refractivity contribution in [1.82, 2.24) is 0 Å². The van der Waals surface area contributed by atoms with E-state index in [1.54, 1.807) is 0 Å². The van der Waals surface area contributed by atoms with Crippen molar-refractivity contribution in [3.8, 4) is 0 Å². The molecule has 0 radical (unpaired) electrons. The van der Waals surface area contributed by atoms with E-state index in [0.29, 0.717) is 0 Å². The van der Waals surface area contributed by atoms with Gasteiger partial charge in [-0.25, -0.2) is 0 Å². The molecule has 0 aromatic carbocycles. The van der Waals surface area contributed by atoms with Crippen molar-refractivity contribution in [2.24, 2.45) is 5.11 Å². The lowest BCUT2D eigenvalue weighted by atomic mass is 9.95. The number of ether oxygens (including phenoxy) is 3. The molecule has 0 spiro atoms. The van der Waals surface area contributed by atoms with Crippen LogP contribution < -0.4 is 0 Å². The van der Waals surface area contributed by atoms with Crippen molar-refractivity contribution in [2.75, 3.05) is 20.8 Å². The van der Waals surface area contributed by atoms with Crippen LogP contribution in [0.25, 0.3) is 10.4 Å². The van der Waals surface area contributed by atoms with E-state index in [1.807, 2.05) is 0 Å². The Hall–Kier alpha value is -1.30. The third kappa shape index (κ3) is 1.90. The smallest absolute Gasteiger partial charge is 0.321 e. The molecule has 15 heavy (non-hydrogen) atoms. The Morgan fingerprint density at radius 2 is 2.33 bits per heavy atom. The predicted octanol–water partition coefficient (Wildman–Crippen LogP) is 0.642. The Morgan fingerprint density at radius 1 is 1.67 bits per heavy atom. The molecule has 7 heteroatoms. The number of azide groups is 1. The molecule has 1 fully saturated rings. The molecule has 1 unspecified atom stereocenters. The highest BCUT2D eigenvalue weighted by molar-refractivity contribution is 5.84. The maximum atomic E-state index is 11.5. The number of carbonyl (C=O) groups is 1. The number of carbonyl (C=O) groups excluding carboxylic acids is 1. The van der Waals surface area contributed by atoms with Gasteiger partial charge in [-0.2, -0.15) is 0 Å². The Morgan fingerprint density at radius 3 is 2.80 bits per heavy atom. The van der Waals surface area contributed by atoms with Crippen LogP contribution in [-0.2, 0) is 19.0 Å². The number of cyclic esters (lactones) is 1. The van der Waals surface area contributed by atoms with Crippen molar-refractivity contribution in [3.63, 3.8) is 0 Å². The SMILES string of the molecule is COC[C@H]1OC(=O)[C@](C)(N=[N+]=[N-])C1OC. The molecule has 0 aromatic heterocycles. The third-order valence-electron chi connectivity index (χ3n) is 2.40. The standard InChI is InChI=1S/C8H13N3O4/c1-8(10-11-9)6(14-3)5(4-13-2)15-7(8)12/h5-6H,4H2,1-3H3/t5-,6?,8-/m1/s1. The number of methoxy groups -OCH3 is 2. The maximum absolute atomic E-state index is 11.5. The molecule has 1 rings (SSSR count). The molecule has 3 atom stereocenters. The van der Waals surface area contributed by atoms with Crippen molar-refractivity contribution in [3.05, 3.63) is 10.4 Å². The molecule has 1 aliphatic heterocycles. The quantitative estimate of drug-likeness (QED) is 0.297. The summed E-state index contributed by atoms with van der Waals surface area (Å²) in [4.78, 5) is 14.2. The fraction of sp³-hybridized carbons (Fsp3) is 0.875. The first-order valence-electron chi connectivity index (χ1n) is 4.39. The van der Waals surface area contributed by atoms with Crippen molar-refractivity contribution in [1.29, 1.82) is 0 Å². The normalized spacial score (nSPS) is 34.7. The van der Waals surface area contributed by atoms with Gasteiger partial charge in [-0.1, -0.05) is 5.11 Å². The average Bonchev–Trinajstić information content (AvgIpc) is 2.40. The number of rotatable bonds is 4. The van der Waals surface area contributed by atoms with Crippen LogP contribution in [0.2, 0.25) is 0 Å². The van der Waals surface area contributed by atoms with E-state index in [0.717, 1.165) is 0 Å². The van der Waals surface area contributed by atoms with Gasteiger partial charge in [-0.3, -0.25) is 4.79 Å². The van der Waals surface area contributed by atoms with E-state index in [-0.39, 0.29) is 6.61 Å². The fourth-order valence-electron chi connectivity index (χ4n) is 1.65. The van der Waals surface area contributed by atoms with E-state index in [4.69, 9.17) is 19.7 Å². The van der Waals surface area contributed by atoms with Crippen LogP contribution in [0.4, 0.5) is 0 Å². The van der Waals surface area contributed by atoms with Gasteiger partial charge in [0.15, 0.2) is 11.6 Å². The van der Waals surface area contributed by atoms with Crippen molar-refractivity contribution in [2.45, 2.75) is 24.7 Å². The van der Waals surface area contributed by atoms with Gasteiger partial charge in [0.05, 0.1) is 6.61 Å². The van der Waals surface area contributed by atoms with E-state index < -0.39 is 23.7 Å². The van der Waals surface area contributed by atoms with Crippen LogP contribution in [0.15, 0.2) is 5.11 Å². The van der Waals surface area contributed by atoms with Gasteiger partial charge in [0.25, 0.3) is 0 Å². The molecule has 1 heterocycles. The summed E-state index contributed by atoms with van der Waals surface area (Å²) >= 11 is 0. The summed E-state index contributed by atoms with van der Waals surface area (Å²) in [7, 11) is 2.92. The summed E-state index contributed by atoms with van der Waals surface area (Å²) in [5, 5.41) is 3.45. The lowest BCUT2D eigenvalue weighted by Crippen LogP contribution is -2.43. The highest BCUT2D eigenvalue weighted by Gasteiger charge is 2.54. The summed E-state index contributed by atoms with van der Waals surface area (Å²) in [5.74, 6) is -0.589. The first kappa shape index (κ1) is 11.8. The van der Waals surface area contributed by atoms with Gasteiger partial charge in [0.2, 0.25) is 0 Å². The molecular formula is C8H13N3O4. The minimum Gasteiger partial charge on any atom is -0.457 e. The summed E-state index contributed by atoms with van der Waals surface area (Å²) < 4.78 is 15.0. The summed E-state index contributed by atoms with van der Waals surface area (Å²) in [6.07, 6.45) is -1.16. The third-order valence-corrected chi connectivity index (χ3v) is 2.40. The highest BCUT2D eigenvalue weighted by Crippen LogP contribution is 2.32. The molecule has 84 valence electrons. The molecule has 0 amide bonds. The molecular weight excluding hydrogens is 202 g/mol. The maximum Gasteiger partial charge on any atom is 0.321 e. The second-order valence-corrected chi connectivity index (χ2v) is 3.39. The zero-order valence-corrected chi connectivity index (χ0v) is 8.84. The highest BCUT2D eigenvalue weighted by atomic mass is 16.6. The van der Waals surface area contributed by atoms with Crippen LogP contribution in [0.5, 0.6) is 0 Å². The summed E-state index contributed by atoms with van der Waals surface area (Å²) in [5.41, 5.74) is 7.09. The Bertz CT molecular complexity index is 302. The van der Waals surface area contributed by atoms with Gasteiger partial charge in [0, 0.05) is 19.1 Å². The van der Waals surface area contributed by atoms with E-state index >= 15 is 0 Å². The zero-order valence-electron chi connectivity index (χ0n) is 8.84. The topological polar surface area (TPSA) is 93.5 Å². The van der Waals surface area contributed by atoms with Crippen molar-refractivity contribution < 1.29 is 19.0 Å². The molecule has 0 aromatic rings. The minimum atomic E-state index is -1.31. The zero-order chi connectivity index (χ0) is 11.5. The van der Waals surface area contributed by atoms with E-state index in [2.05, 4.69) is 10.0 Å². The molecule has 0 N–H and O–H groups in total. The van der Waals surface area contributed by atoms with Crippen LogP contribution in [0.3, 0.4) is 0 Å². The molecule has 0 aliphatic carbocycles. The second-order valence-electron chi connectivity index (χ2n) is 3.39. The molecule has 1 aliphatic rings. The average molecular weight is 215 g/mol. The van der Waals surface area contributed by atoms with Gasteiger partial charge in [-0.15, -0.1) is 0 Å². The first-order valence-corrected chi connectivity index (χ1v) is 4.39. The Balaban J connectivity index is 2.97. The first-order chi connectivity index (χ1) is 7.10. The van der Waals surface area contributed by atoms with Crippen molar-refractivity contribution >= 4 is 5.97 Å². The largest absolute Gasteiger partial charge is 0.457 e. The summed E-state index contributed by atoms with van der Waals surface area (Å²) in [6.45, 7) is 1.69. The monoisotopic (exact) mass is 215 g/mol. The molecule has 0 saturated carbocycles. The van der Waals surface area contributed by atoms with E-state index in [9.17, 15) is 4.79 Å².